The fourth-order valence-corrected chi connectivity index (χ4v) is 3.96. The number of carbonyl (C=O) groups excluding carboxylic acids is 1. The summed E-state index contributed by atoms with van der Waals surface area (Å²) in [4.78, 5) is 18.5. The monoisotopic (exact) mass is 444 g/mol. The molecule has 3 aromatic rings. The Morgan fingerprint density at radius 1 is 1.00 bits per heavy atom. The molecule has 4 nitrogen and oxygen atoms in total. The van der Waals surface area contributed by atoms with Gasteiger partial charge in [-0.3, -0.25) is 9.78 Å². The standard InChI is InChI=1S/C29H36N2O2/c1-6-23-14-11-15-24(7-2)28(23)31-29(32)27-25(19-22-12-9-8-10-13-22)30-21(5)18-26(27)33-17-16-20(3)4/h8-15,18,20H,6-7,16-17,19H2,1-5H3,(H,31,32). The molecule has 0 spiro atoms. The number of nitrogens with one attached hydrogen (secondary N) is 1. The number of aryl methyl sites for hydroxylation is 3. The van der Waals surface area contributed by atoms with E-state index in [9.17, 15) is 4.79 Å². The molecule has 0 aliphatic carbocycles. The van der Waals surface area contributed by atoms with Crippen LogP contribution < -0.4 is 10.1 Å². The third-order valence-electron chi connectivity index (χ3n) is 5.82. The number of benzene rings is 2. The number of nitrogens with zero attached hydrogens (tertiary/aromatic N) is 1. The van der Waals surface area contributed by atoms with Crippen LogP contribution in [-0.4, -0.2) is 17.5 Å². The van der Waals surface area contributed by atoms with Crippen LogP contribution in [0.5, 0.6) is 5.75 Å². The molecule has 0 radical (unpaired) electrons. The highest BCUT2D eigenvalue weighted by Crippen LogP contribution is 2.29. The van der Waals surface area contributed by atoms with E-state index in [1.54, 1.807) is 0 Å². The number of carbonyl (C=O) groups is 1. The van der Waals surface area contributed by atoms with Crippen molar-refractivity contribution in [3.8, 4) is 5.75 Å². The number of aromatic nitrogens is 1. The topological polar surface area (TPSA) is 51.2 Å². The van der Waals surface area contributed by atoms with Gasteiger partial charge in [0.2, 0.25) is 0 Å². The van der Waals surface area contributed by atoms with Crippen LogP contribution in [0.25, 0.3) is 0 Å². The predicted octanol–water partition coefficient (Wildman–Crippen LogP) is 6.78. The van der Waals surface area contributed by atoms with Gasteiger partial charge in [0, 0.05) is 23.9 Å². The van der Waals surface area contributed by atoms with Crippen molar-refractivity contribution >= 4 is 11.6 Å². The first-order chi connectivity index (χ1) is 15.9. The van der Waals surface area contributed by atoms with Crippen LogP contribution in [-0.2, 0) is 19.3 Å². The maximum absolute atomic E-state index is 13.8. The van der Waals surface area contributed by atoms with E-state index in [2.05, 4.69) is 63.3 Å². The van der Waals surface area contributed by atoms with E-state index in [0.29, 0.717) is 30.3 Å². The van der Waals surface area contributed by atoms with Gasteiger partial charge in [0.1, 0.15) is 11.3 Å². The largest absolute Gasteiger partial charge is 0.493 e. The van der Waals surface area contributed by atoms with Gasteiger partial charge in [0.05, 0.1) is 12.3 Å². The predicted molar refractivity (Wildman–Crippen MR) is 136 cm³/mol. The lowest BCUT2D eigenvalue weighted by atomic mass is 10.0. The highest BCUT2D eigenvalue weighted by molar-refractivity contribution is 6.07. The van der Waals surface area contributed by atoms with E-state index < -0.39 is 0 Å². The van der Waals surface area contributed by atoms with Gasteiger partial charge in [-0.1, -0.05) is 76.2 Å². The number of hydrogen-bond donors (Lipinski definition) is 1. The Balaban J connectivity index is 2.04. The number of anilines is 1. The lowest BCUT2D eigenvalue weighted by Gasteiger charge is -2.19. The van der Waals surface area contributed by atoms with E-state index in [0.717, 1.165) is 53.0 Å². The Morgan fingerprint density at radius 3 is 2.27 bits per heavy atom. The summed E-state index contributed by atoms with van der Waals surface area (Å²) in [6.45, 7) is 11.1. The zero-order valence-electron chi connectivity index (χ0n) is 20.6. The molecule has 0 aliphatic heterocycles. The summed E-state index contributed by atoms with van der Waals surface area (Å²) in [5, 5.41) is 3.22. The van der Waals surface area contributed by atoms with Gasteiger partial charge in [-0.2, -0.15) is 0 Å². The molecule has 4 heteroatoms. The molecule has 1 aromatic heterocycles. The first-order valence-electron chi connectivity index (χ1n) is 12.0. The van der Waals surface area contributed by atoms with E-state index in [-0.39, 0.29) is 5.91 Å². The van der Waals surface area contributed by atoms with Crippen LogP contribution in [0.4, 0.5) is 5.69 Å². The van der Waals surface area contributed by atoms with Crippen LogP contribution >= 0.6 is 0 Å². The van der Waals surface area contributed by atoms with Crippen LogP contribution in [0.2, 0.25) is 0 Å². The molecular weight excluding hydrogens is 408 g/mol. The number of ether oxygens (including phenoxy) is 1. The third-order valence-corrected chi connectivity index (χ3v) is 5.82. The summed E-state index contributed by atoms with van der Waals surface area (Å²) in [7, 11) is 0. The third kappa shape index (κ3) is 6.44. The average Bonchev–Trinajstić information content (AvgIpc) is 2.79. The van der Waals surface area contributed by atoms with Crippen LogP contribution in [0.1, 0.15) is 72.6 Å². The van der Waals surface area contributed by atoms with Gasteiger partial charge < -0.3 is 10.1 Å². The second-order valence-electron chi connectivity index (χ2n) is 8.89. The van der Waals surface area contributed by atoms with Gasteiger partial charge >= 0.3 is 0 Å². The minimum absolute atomic E-state index is 0.163. The maximum Gasteiger partial charge on any atom is 0.261 e. The van der Waals surface area contributed by atoms with Gasteiger partial charge in [-0.15, -0.1) is 0 Å². The molecule has 0 saturated carbocycles. The van der Waals surface area contributed by atoms with Crippen LogP contribution in [0, 0.1) is 12.8 Å². The van der Waals surface area contributed by atoms with Crippen molar-refractivity contribution < 1.29 is 9.53 Å². The Kier molecular flexibility index (Phi) is 8.65. The van der Waals surface area contributed by atoms with Crippen molar-refractivity contribution in [3.05, 3.63) is 88.2 Å². The van der Waals surface area contributed by atoms with Crippen molar-refractivity contribution in [3.63, 3.8) is 0 Å². The van der Waals surface area contributed by atoms with E-state index in [1.807, 2.05) is 31.2 Å². The minimum Gasteiger partial charge on any atom is -0.493 e. The summed E-state index contributed by atoms with van der Waals surface area (Å²) in [5.41, 5.74) is 6.41. The summed E-state index contributed by atoms with van der Waals surface area (Å²) in [5.74, 6) is 0.972. The normalized spacial score (nSPS) is 11.0. The fourth-order valence-electron chi connectivity index (χ4n) is 3.96. The molecule has 0 unspecified atom stereocenters. The Morgan fingerprint density at radius 2 is 1.67 bits per heavy atom. The van der Waals surface area contributed by atoms with Crippen molar-refractivity contribution in [2.75, 3.05) is 11.9 Å². The van der Waals surface area contributed by atoms with Crippen LogP contribution in [0.3, 0.4) is 0 Å². The SMILES string of the molecule is CCc1cccc(CC)c1NC(=O)c1c(OCCC(C)C)cc(C)nc1Cc1ccccc1. The highest BCUT2D eigenvalue weighted by atomic mass is 16.5. The lowest BCUT2D eigenvalue weighted by molar-refractivity contribution is 0.102. The molecule has 0 aliphatic rings. The Hall–Kier alpha value is -3.14. The molecule has 0 fully saturated rings. The van der Waals surface area contributed by atoms with Crippen molar-refractivity contribution in [1.82, 2.24) is 4.98 Å². The number of amides is 1. The maximum atomic E-state index is 13.8. The fraction of sp³-hybridized carbons (Fsp3) is 0.379. The smallest absolute Gasteiger partial charge is 0.261 e. The lowest BCUT2D eigenvalue weighted by Crippen LogP contribution is -2.20. The summed E-state index contributed by atoms with van der Waals surface area (Å²) >= 11 is 0. The molecule has 0 saturated heterocycles. The van der Waals surface area contributed by atoms with Gasteiger partial charge in [0.15, 0.2) is 0 Å². The van der Waals surface area contributed by atoms with Gasteiger partial charge in [-0.25, -0.2) is 0 Å². The molecule has 1 amide bonds. The molecule has 1 heterocycles. The molecule has 1 N–H and O–H groups in total. The summed E-state index contributed by atoms with van der Waals surface area (Å²) in [6.07, 6.45) is 3.20. The molecule has 0 bridgehead atoms. The second-order valence-corrected chi connectivity index (χ2v) is 8.89. The quantitative estimate of drug-likeness (QED) is 0.375. The van der Waals surface area contributed by atoms with Crippen LogP contribution in [0.15, 0.2) is 54.6 Å². The number of pyridine rings is 1. The molecule has 174 valence electrons. The van der Waals surface area contributed by atoms with E-state index in [4.69, 9.17) is 9.72 Å². The Bertz CT molecular complexity index is 1050. The number of rotatable bonds is 10. The minimum atomic E-state index is -0.163. The second kappa shape index (κ2) is 11.6. The number of hydrogen-bond acceptors (Lipinski definition) is 3. The van der Waals surface area contributed by atoms with Crippen molar-refractivity contribution in [2.24, 2.45) is 5.92 Å². The first kappa shape index (κ1) is 24.5. The highest BCUT2D eigenvalue weighted by Gasteiger charge is 2.22. The van der Waals surface area contributed by atoms with Crippen molar-refractivity contribution in [1.29, 1.82) is 0 Å². The zero-order valence-corrected chi connectivity index (χ0v) is 20.6. The number of para-hydroxylation sites is 1. The summed E-state index contributed by atoms with van der Waals surface area (Å²) in [6, 6.07) is 18.2. The average molecular weight is 445 g/mol. The molecule has 0 atom stereocenters. The molecule has 2 aromatic carbocycles. The van der Waals surface area contributed by atoms with E-state index >= 15 is 0 Å². The Labute approximate surface area is 198 Å². The van der Waals surface area contributed by atoms with Gasteiger partial charge in [0.25, 0.3) is 5.91 Å². The van der Waals surface area contributed by atoms with Crippen molar-refractivity contribution in [2.45, 2.75) is 60.3 Å². The zero-order chi connectivity index (χ0) is 23.8. The first-order valence-corrected chi connectivity index (χ1v) is 12.0. The van der Waals surface area contributed by atoms with E-state index in [1.165, 1.54) is 0 Å². The molecular formula is C29H36N2O2. The summed E-state index contributed by atoms with van der Waals surface area (Å²) < 4.78 is 6.18. The molecule has 33 heavy (non-hydrogen) atoms. The molecule has 3 rings (SSSR count). The van der Waals surface area contributed by atoms with Gasteiger partial charge in [-0.05, 0) is 48.8 Å².